The molecule has 3 nitrogen and oxygen atoms in total. The summed E-state index contributed by atoms with van der Waals surface area (Å²) in [5, 5.41) is 3.47. The number of ether oxygens (including phenoxy) is 1. The zero-order valence-corrected chi connectivity index (χ0v) is 11.1. The van der Waals surface area contributed by atoms with Crippen molar-refractivity contribution in [3.05, 3.63) is 29.8 Å². The number of nitrogens with one attached hydrogen (secondary N) is 1. The lowest BCUT2D eigenvalue weighted by Gasteiger charge is -2.36. The number of rotatable bonds is 3. The summed E-state index contributed by atoms with van der Waals surface area (Å²) < 4.78 is 5.99. The van der Waals surface area contributed by atoms with Crippen LogP contribution in [0.5, 0.6) is 5.75 Å². The summed E-state index contributed by atoms with van der Waals surface area (Å²) in [4.78, 5) is 2.28. The number of likely N-dealkylation sites (N-methyl/N-ethyl adjacent to an activating group) is 1. The van der Waals surface area contributed by atoms with Crippen LogP contribution in [-0.2, 0) is 0 Å². The Morgan fingerprint density at radius 3 is 2.94 bits per heavy atom. The molecular formula is C15H22N2O. The largest absolute Gasteiger partial charge is 0.488 e. The van der Waals surface area contributed by atoms with Crippen LogP contribution in [0.1, 0.15) is 24.3 Å². The fourth-order valence-corrected chi connectivity index (χ4v) is 2.89. The van der Waals surface area contributed by atoms with E-state index in [2.05, 4.69) is 41.5 Å². The molecule has 1 unspecified atom stereocenters. The van der Waals surface area contributed by atoms with E-state index in [4.69, 9.17) is 4.74 Å². The third-order valence-electron chi connectivity index (χ3n) is 3.96. The molecule has 1 aromatic rings. The van der Waals surface area contributed by atoms with Crippen LogP contribution >= 0.6 is 0 Å². The van der Waals surface area contributed by atoms with Gasteiger partial charge in [-0.05, 0) is 50.0 Å². The minimum Gasteiger partial charge on any atom is -0.488 e. The summed E-state index contributed by atoms with van der Waals surface area (Å²) in [6.07, 6.45) is 2.96. The second-order valence-corrected chi connectivity index (χ2v) is 5.58. The number of likely N-dealkylation sites (tertiary alicyclic amines) is 1. The molecule has 0 spiro atoms. The van der Waals surface area contributed by atoms with Gasteiger partial charge in [0, 0.05) is 19.6 Å². The maximum Gasteiger partial charge on any atom is 0.124 e. The first-order chi connectivity index (χ1) is 8.81. The molecule has 1 aromatic carbocycles. The van der Waals surface area contributed by atoms with E-state index in [0.717, 1.165) is 25.4 Å². The Kier molecular flexibility index (Phi) is 3.52. The molecule has 0 saturated carbocycles. The van der Waals surface area contributed by atoms with E-state index >= 15 is 0 Å². The summed E-state index contributed by atoms with van der Waals surface area (Å²) in [7, 11) is 2.13. The highest BCUT2D eigenvalue weighted by molar-refractivity contribution is 5.31. The number of nitrogens with zero attached hydrogens (tertiary/aromatic N) is 1. The highest BCUT2D eigenvalue weighted by atomic mass is 16.5. The van der Waals surface area contributed by atoms with Crippen LogP contribution in [0.4, 0.5) is 0 Å². The maximum atomic E-state index is 5.99. The third kappa shape index (κ3) is 2.68. The van der Waals surface area contributed by atoms with E-state index in [1.807, 2.05) is 0 Å². The molecule has 3 rings (SSSR count). The average molecular weight is 246 g/mol. The Morgan fingerprint density at radius 1 is 1.33 bits per heavy atom. The van der Waals surface area contributed by atoms with Crippen LogP contribution < -0.4 is 10.1 Å². The Labute approximate surface area is 109 Å². The van der Waals surface area contributed by atoms with Gasteiger partial charge in [-0.1, -0.05) is 12.1 Å². The number of hydrogen-bond acceptors (Lipinski definition) is 3. The first kappa shape index (κ1) is 12.0. The molecule has 2 fully saturated rings. The smallest absolute Gasteiger partial charge is 0.124 e. The quantitative estimate of drug-likeness (QED) is 0.881. The van der Waals surface area contributed by atoms with E-state index in [1.54, 1.807) is 0 Å². The van der Waals surface area contributed by atoms with Crippen molar-refractivity contribution in [3.63, 3.8) is 0 Å². The van der Waals surface area contributed by atoms with Gasteiger partial charge < -0.3 is 10.1 Å². The molecule has 2 aliphatic heterocycles. The third-order valence-corrected chi connectivity index (χ3v) is 3.96. The summed E-state index contributed by atoms with van der Waals surface area (Å²) in [5.74, 6) is 1.70. The Balaban J connectivity index is 1.64. The van der Waals surface area contributed by atoms with Crippen molar-refractivity contribution in [2.24, 2.45) is 0 Å². The first-order valence-corrected chi connectivity index (χ1v) is 6.97. The molecule has 0 radical (unpaired) electrons. The van der Waals surface area contributed by atoms with Crippen molar-refractivity contribution in [1.29, 1.82) is 0 Å². The SMILES string of the molecule is CN1CC(Oc2cccc(C3CCCNC3)c2)C1. The minimum absolute atomic E-state index is 0.384. The lowest BCUT2D eigenvalue weighted by molar-refractivity contribution is 0.0387. The molecule has 0 aliphatic carbocycles. The van der Waals surface area contributed by atoms with Crippen LogP contribution in [0.2, 0.25) is 0 Å². The van der Waals surface area contributed by atoms with Crippen molar-refractivity contribution < 1.29 is 4.74 Å². The Bertz CT molecular complexity index is 395. The van der Waals surface area contributed by atoms with Gasteiger partial charge in [0.2, 0.25) is 0 Å². The van der Waals surface area contributed by atoms with Gasteiger partial charge >= 0.3 is 0 Å². The van der Waals surface area contributed by atoms with Crippen LogP contribution in [0.15, 0.2) is 24.3 Å². The fraction of sp³-hybridized carbons (Fsp3) is 0.600. The summed E-state index contributed by atoms with van der Waals surface area (Å²) in [6, 6.07) is 8.67. The van der Waals surface area contributed by atoms with Crippen LogP contribution in [-0.4, -0.2) is 44.2 Å². The van der Waals surface area contributed by atoms with Gasteiger partial charge in [-0.2, -0.15) is 0 Å². The Hall–Kier alpha value is -1.06. The fourth-order valence-electron chi connectivity index (χ4n) is 2.89. The van der Waals surface area contributed by atoms with Crippen molar-refractivity contribution in [1.82, 2.24) is 10.2 Å². The molecule has 2 aliphatic rings. The number of benzene rings is 1. The zero-order valence-electron chi connectivity index (χ0n) is 11.1. The standard InChI is InChI=1S/C15H22N2O/c1-17-10-15(11-17)18-14-6-2-4-12(8-14)13-5-3-7-16-9-13/h2,4,6,8,13,15-16H,3,5,7,9-11H2,1H3. The van der Waals surface area contributed by atoms with Gasteiger partial charge in [-0.25, -0.2) is 0 Å². The van der Waals surface area contributed by atoms with Gasteiger partial charge in [0.25, 0.3) is 0 Å². The number of piperidine rings is 1. The molecule has 3 heteroatoms. The topological polar surface area (TPSA) is 24.5 Å². The molecule has 98 valence electrons. The predicted octanol–water partition coefficient (Wildman–Crippen LogP) is 1.85. The lowest BCUT2D eigenvalue weighted by Crippen LogP contribution is -2.51. The van der Waals surface area contributed by atoms with Crippen molar-refractivity contribution in [2.45, 2.75) is 24.9 Å². The van der Waals surface area contributed by atoms with Crippen LogP contribution in [0.3, 0.4) is 0 Å². The van der Waals surface area contributed by atoms with E-state index in [-0.39, 0.29) is 0 Å². The van der Waals surface area contributed by atoms with Gasteiger partial charge in [-0.3, -0.25) is 4.90 Å². The highest BCUT2D eigenvalue weighted by Gasteiger charge is 2.25. The van der Waals surface area contributed by atoms with Crippen molar-refractivity contribution in [3.8, 4) is 5.75 Å². The van der Waals surface area contributed by atoms with E-state index < -0.39 is 0 Å². The molecular weight excluding hydrogens is 224 g/mol. The highest BCUT2D eigenvalue weighted by Crippen LogP contribution is 2.27. The number of hydrogen-bond donors (Lipinski definition) is 1. The van der Waals surface area contributed by atoms with Gasteiger partial charge in [0.15, 0.2) is 0 Å². The zero-order chi connectivity index (χ0) is 12.4. The molecule has 2 heterocycles. The minimum atomic E-state index is 0.384. The van der Waals surface area contributed by atoms with Gasteiger partial charge in [0.05, 0.1) is 0 Å². The van der Waals surface area contributed by atoms with E-state index in [1.165, 1.54) is 24.9 Å². The summed E-state index contributed by atoms with van der Waals surface area (Å²) in [5.41, 5.74) is 1.42. The maximum absolute atomic E-state index is 5.99. The molecule has 0 amide bonds. The molecule has 1 N–H and O–H groups in total. The second kappa shape index (κ2) is 5.29. The molecule has 0 aromatic heterocycles. The van der Waals surface area contributed by atoms with Gasteiger partial charge in [-0.15, -0.1) is 0 Å². The normalized spacial score (nSPS) is 25.7. The Morgan fingerprint density at radius 2 is 2.22 bits per heavy atom. The molecule has 2 saturated heterocycles. The molecule has 18 heavy (non-hydrogen) atoms. The van der Waals surface area contributed by atoms with Crippen molar-refractivity contribution >= 4 is 0 Å². The summed E-state index contributed by atoms with van der Waals surface area (Å²) in [6.45, 7) is 4.38. The first-order valence-electron chi connectivity index (χ1n) is 6.97. The van der Waals surface area contributed by atoms with Gasteiger partial charge in [0.1, 0.15) is 11.9 Å². The predicted molar refractivity (Wildman–Crippen MR) is 73.2 cm³/mol. The van der Waals surface area contributed by atoms with Crippen LogP contribution in [0, 0.1) is 0 Å². The summed E-state index contributed by atoms with van der Waals surface area (Å²) >= 11 is 0. The van der Waals surface area contributed by atoms with E-state index in [0.29, 0.717) is 12.0 Å². The lowest BCUT2D eigenvalue weighted by atomic mass is 9.91. The van der Waals surface area contributed by atoms with Crippen LogP contribution in [0.25, 0.3) is 0 Å². The monoisotopic (exact) mass is 246 g/mol. The van der Waals surface area contributed by atoms with Crippen molar-refractivity contribution in [2.75, 3.05) is 33.2 Å². The van der Waals surface area contributed by atoms with E-state index in [9.17, 15) is 0 Å². The second-order valence-electron chi connectivity index (χ2n) is 5.58. The molecule has 1 atom stereocenters. The average Bonchev–Trinajstić information content (AvgIpc) is 2.38. The molecule has 0 bridgehead atoms.